The summed E-state index contributed by atoms with van der Waals surface area (Å²) >= 11 is 0. The zero-order chi connectivity index (χ0) is 40.4. The van der Waals surface area contributed by atoms with Gasteiger partial charge in [0.1, 0.15) is 18.7 Å². The van der Waals surface area contributed by atoms with Crippen molar-refractivity contribution in [2.24, 2.45) is 34.3 Å². The number of anilines is 1. The summed E-state index contributed by atoms with van der Waals surface area (Å²) in [6.07, 6.45) is 2.24. The number of unbranched alkanes of at least 4 members (excludes halogenated alkanes) is 2. The van der Waals surface area contributed by atoms with E-state index in [9.17, 15) is 33.6 Å². The molecule has 15 nitrogen and oxygen atoms in total. The molecule has 2 fully saturated rings. The number of ether oxygens (including phenoxy) is 1. The van der Waals surface area contributed by atoms with E-state index < -0.39 is 35.3 Å². The second kappa shape index (κ2) is 19.1. The zero-order valence-corrected chi connectivity index (χ0v) is 33.2. The number of primary amides is 1. The Morgan fingerprint density at radius 3 is 2.13 bits per heavy atom. The number of rotatable bonds is 18. The number of imide groups is 1. The molecule has 0 radical (unpaired) electrons. The maximum absolute atomic E-state index is 13.4. The minimum absolute atomic E-state index is 0.0585. The molecule has 1 aromatic rings. The second-order valence-electron chi connectivity index (χ2n) is 16.3. The number of nitrogens with two attached hydrogens (primary N) is 1. The van der Waals surface area contributed by atoms with Crippen molar-refractivity contribution in [2.45, 2.75) is 113 Å². The van der Waals surface area contributed by atoms with E-state index in [1.165, 1.54) is 4.90 Å². The van der Waals surface area contributed by atoms with Crippen LogP contribution in [0.4, 0.5) is 15.3 Å². The summed E-state index contributed by atoms with van der Waals surface area (Å²) in [4.78, 5) is 92.1. The molecular formula is C39H61N7O8. The second-order valence-corrected chi connectivity index (χ2v) is 16.3. The molecule has 0 spiro atoms. The molecule has 2 aliphatic heterocycles. The predicted octanol–water partition coefficient (Wildman–Crippen LogP) is 3.91. The van der Waals surface area contributed by atoms with Crippen molar-refractivity contribution in [3.8, 4) is 0 Å². The summed E-state index contributed by atoms with van der Waals surface area (Å²) in [5.41, 5.74) is 5.84. The molecule has 2 saturated heterocycles. The standard InChI is InChI=1S/C39H61N7O8/c1-9-39(25(4)5)19-31(48)46(35(39)51)18-12-10-11-13-30(47)44-32(24(2)3)34(50)43-29(20-41-36(40)52)33(49)42-28-16-14-26(15-17-28)23-54-37(53)45-21-27(22-45)38(6,7)8/h14-17,24-25,27,29,32H,9-13,18-23H2,1-8H3,(H,42,49)(H,43,50)(H,44,47)(H3,40,41,52)/t29-,32-,39?/m0/s1. The Morgan fingerprint density at radius 1 is 0.944 bits per heavy atom. The number of benzene rings is 1. The lowest BCUT2D eigenvalue weighted by Gasteiger charge is -2.45. The van der Waals surface area contributed by atoms with E-state index in [1.54, 1.807) is 43.0 Å². The number of amides is 8. The first-order chi connectivity index (χ1) is 25.3. The summed E-state index contributed by atoms with van der Waals surface area (Å²) in [5.74, 6) is -1.72. The van der Waals surface area contributed by atoms with Gasteiger partial charge in [-0.2, -0.15) is 0 Å². The molecule has 1 unspecified atom stereocenters. The van der Waals surface area contributed by atoms with Crippen LogP contribution in [-0.2, 0) is 35.3 Å². The molecule has 8 amide bonds. The molecule has 0 saturated carbocycles. The Hall–Kier alpha value is -4.69. The van der Waals surface area contributed by atoms with Gasteiger partial charge in [-0.1, -0.05) is 73.9 Å². The molecule has 0 aromatic heterocycles. The molecule has 2 aliphatic rings. The van der Waals surface area contributed by atoms with E-state index in [-0.39, 0.29) is 67.1 Å². The molecular weight excluding hydrogens is 694 g/mol. The molecule has 54 heavy (non-hydrogen) atoms. The number of likely N-dealkylation sites (tertiary alicyclic amines) is 2. The first kappa shape index (κ1) is 43.7. The van der Waals surface area contributed by atoms with Gasteiger partial charge in [-0.15, -0.1) is 0 Å². The average Bonchev–Trinajstić information content (AvgIpc) is 3.32. The third kappa shape index (κ3) is 11.7. The van der Waals surface area contributed by atoms with Crippen molar-refractivity contribution < 1.29 is 38.3 Å². The van der Waals surface area contributed by atoms with Crippen molar-refractivity contribution in [2.75, 3.05) is 31.5 Å². The fourth-order valence-electron chi connectivity index (χ4n) is 6.70. The van der Waals surface area contributed by atoms with Crippen molar-refractivity contribution in [1.82, 2.24) is 25.8 Å². The maximum atomic E-state index is 13.4. The van der Waals surface area contributed by atoms with Crippen LogP contribution in [0.15, 0.2) is 24.3 Å². The summed E-state index contributed by atoms with van der Waals surface area (Å²) in [6.45, 7) is 17.2. The van der Waals surface area contributed by atoms with Gasteiger partial charge in [0, 0.05) is 44.7 Å². The highest BCUT2D eigenvalue weighted by Gasteiger charge is 2.51. The van der Waals surface area contributed by atoms with E-state index in [0.717, 1.165) is 0 Å². The van der Waals surface area contributed by atoms with Crippen LogP contribution < -0.4 is 27.0 Å². The maximum Gasteiger partial charge on any atom is 0.410 e. The van der Waals surface area contributed by atoms with Crippen LogP contribution in [0.5, 0.6) is 0 Å². The lowest BCUT2D eigenvalue weighted by molar-refractivity contribution is -0.142. The summed E-state index contributed by atoms with van der Waals surface area (Å²) < 4.78 is 5.44. The van der Waals surface area contributed by atoms with Crippen molar-refractivity contribution in [1.29, 1.82) is 0 Å². The van der Waals surface area contributed by atoms with E-state index in [4.69, 9.17) is 10.5 Å². The van der Waals surface area contributed by atoms with Gasteiger partial charge >= 0.3 is 12.1 Å². The van der Waals surface area contributed by atoms with Gasteiger partial charge in [0.05, 0.1) is 5.41 Å². The van der Waals surface area contributed by atoms with Gasteiger partial charge in [0.2, 0.25) is 29.5 Å². The van der Waals surface area contributed by atoms with Crippen molar-refractivity contribution in [3.63, 3.8) is 0 Å². The van der Waals surface area contributed by atoms with Gasteiger partial charge < -0.3 is 36.6 Å². The highest BCUT2D eigenvalue weighted by atomic mass is 16.6. The molecule has 6 N–H and O–H groups in total. The predicted molar refractivity (Wildman–Crippen MR) is 203 cm³/mol. The monoisotopic (exact) mass is 755 g/mol. The number of hydrogen-bond acceptors (Lipinski definition) is 8. The fraction of sp³-hybridized carbons (Fsp3) is 0.667. The highest BCUT2D eigenvalue weighted by molar-refractivity contribution is 6.06. The highest BCUT2D eigenvalue weighted by Crippen LogP contribution is 2.42. The summed E-state index contributed by atoms with van der Waals surface area (Å²) in [7, 11) is 0. The number of nitrogens with one attached hydrogen (secondary N) is 4. The Labute approximate surface area is 319 Å². The van der Waals surface area contributed by atoms with Gasteiger partial charge in [-0.25, -0.2) is 9.59 Å². The van der Waals surface area contributed by atoms with Gasteiger partial charge in [0.25, 0.3) is 0 Å². The van der Waals surface area contributed by atoms with E-state index >= 15 is 0 Å². The lowest BCUT2D eigenvalue weighted by Crippen LogP contribution is -2.57. The molecule has 300 valence electrons. The van der Waals surface area contributed by atoms with Crippen LogP contribution in [0.1, 0.15) is 99.5 Å². The fourth-order valence-corrected chi connectivity index (χ4v) is 6.70. The molecule has 3 atom stereocenters. The molecule has 15 heteroatoms. The average molecular weight is 756 g/mol. The number of carbonyl (C=O) groups excluding carboxylic acids is 7. The summed E-state index contributed by atoms with van der Waals surface area (Å²) in [5, 5.41) is 10.4. The first-order valence-corrected chi connectivity index (χ1v) is 19.1. The first-order valence-electron chi connectivity index (χ1n) is 19.1. The van der Waals surface area contributed by atoms with Crippen molar-refractivity contribution >= 4 is 47.3 Å². The van der Waals surface area contributed by atoms with E-state index in [2.05, 4.69) is 42.0 Å². The lowest BCUT2D eigenvalue weighted by atomic mass is 9.73. The van der Waals surface area contributed by atoms with E-state index in [1.807, 2.05) is 20.8 Å². The van der Waals surface area contributed by atoms with Gasteiger partial charge in [-0.3, -0.25) is 28.9 Å². The quantitative estimate of drug-likeness (QED) is 0.109. The van der Waals surface area contributed by atoms with E-state index in [0.29, 0.717) is 62.5 Å². The minimum Gasteiger partial charge on any atom is -0.445 e. The Morgan fingerprint density at radius 2 is 1.59 bits per heavy atom. The molecule has 0 aliphatic carbocycles. The molecule has 2 heterocycles. The minimum atomic E-state index is -1.23. The van der Waals surface area contributed by atoms with Gasteiger partial charge in [-0.05, 0) is 60.1 Å². The smallest absolute Gasteiger partial charge is 0.410 e. The Balaban J connectivity index is 1.48. The Bertz CT molecular complexity index is 1520. The zero-order valence-electron chi connectivity index (χ0n) is 33.2. The number of hydrogen-bond donors (Lipinski definition) is 5. The normalized spacial score (nSPS) is 18.6. The Kier molecular flexibility index (Phi) is 15.4. The van der Waals surface area contributed by atoms with Crippen LogP contribution >= 0.6 is 0 Å². The van der Waals surface area contributed by atoms with Gasteiger partial charge in [0.15, 0.2) is 0 Å². The topological polar surface area (TPSA) is 209 Å². The number of carbonyl (C=O) groups is 7. The van der Waals surface area contributed by atoms with Crippen LogP contribution in [0.3, 0.4) is 0 Å². The molecule has 0 bridgehead atoms. The number of nitrogens with zero attached hydrogens (tertiary/aromatic N) is 2. The van der Waals surface area contributed by atoms with Crippen LogP contribution in [0, 0.1) is 28.6 Å². The molecule has 3 rings (SSSR count). The molecule has 1 aromatic carbocycles. The third-order valence-corrected chi connectivity index (χ3v) is 10.8. The summed E-state index contributed by atoms with van der Waals surface area (Å²) in [6, 6.07) is 3.57. The van der Waals surface area contributed by atoms with Crippen LogP contribution in [-0.4, -0.2) is 89.7 Å². The largest absolute Gasteiger partial charge is 0.445 e. The van der Waals surface area contributed by atoms with Crippen molar-refractivity contribution in [3.05, 3.63) is 29.8 Å². The number of urea groups is 1. The van der Waals surface area contributed by atoms with Crippen LogP contribution in [0.25, 0.3) is 0 Å². The SMILES string of the molecule is CCC1(C(C)C)CC(=O)N(CCCCCC(=O)N[C@H](C(=O)N[C@@H](CNC(N)=O)C(=O)Nc2ccc(COC(=O)N3CC(C(C)(C)C)C3)cc2)C(C)C)C1=O. The van der Waals surface area contributed by atoms with Crippen LogP contribution in [0.2, 0.25) is 0 Å². The third-order valence-electron chi connectivity index (χ3n) is 10.8.